The highest BCUT2D eigenvalue weighted by Crippen LogP contribution is 2.35. The molecule has 0 saturated carbocycles. The maximum Gasteiger partial charge on any atom is 0.390 e. The lowest BCUT2D eigenvalue weighted by Gasteiger charge is -2.08. The molecular formula is C22H12F5N3O2. The van der Waals surface area contributed by atoms with E-state index in [4.69, 9.17) is 0 Å². The molecule has 0 spiro atoms. The number of aliphatic imine (C=N–C) groups is 1. The molecule has 0 bridgehead atoms. The number of ketones is 1. The van der Waals surface area contributed by atoms with Crippen molar-refractivity contribution in [2.75, 3.05) is 0 Å². The van der Waals surface area contributed by atoms with Gasteiger partial charge in [0.1, 0.15) is 23.0 Å². The Labute approximate surface area is 177 Å². The maximum atomic E-state index is 14.6. The Hall–Kier alpha value is -4.08. The van der Waals surface area contributed by atoms with Gasteiger partial charge in [0.2, 0.25) is 0 Å². The number of benzene rings is 2. The van der Waals surface area contributed by atoms with E-state index >= 15 is 0 Å². The second kappa shape index (κ2) is 8.58. The van der Waals surface area contributed by atoms with E-state index in [0.717, 1.165) is 22.6 Å². The second-order valence-corrected chi connectivity index (χ2v) is 6.47. The first kappa shape index (κ1) is 21.2. The van der Waals surface area contributed by atoms with Crippen molar-refractivity contribution in [3.63, 3.8) is 0 Å². The second-order valence-electron chi connectivity index (χ2n) is 6.47. The predicted octanol–water partition coefficient (Wildman–Crippen LogP) is 5.71. The van der Waals surface area contributed by atoms with Crippen LogP contribution in [-0.2, 0) is 4.74 Å². The monoisotopic (exact) mass is 445 g/mol. The van der Waals surface area contributed by atoms with Crippen LogP contribution < -0.4 is 0 Å². The number of fused-ring (bicyclic) bond motifs is 1. The van der Waals surface area contributed by atoms with Gasteiger partial charge in [0.15, 0.2) is 11.6 Å². The molecule has 0 fully saturated rings. The number of halogens is 5. The minimum Gasteiger partial charge on any atom is -0.393 e. The number of carbonyl (C=O) groups is 1. The zero-order valence-electron chi connectivity index (χ0n) is 16.0. The first-order chi connectivity index (χ1) is 15.3. The molecule has 32 heavy (non-hydrogen) atoms. The molecule has 0 amide bonds. The Kier molecular flexibility index (Phi) is 5.67. The molecule has 0 saturated heterocycles. The molecule has 5 nitrogen and oxygen atoms in total. The van der Waals surface area contributed by atoms with Gasteiger partial charge in [-0.3, -0.25) is 9.20 Å². The van der Waals surface area contributed by atoms with Crippen molar-refractivity contribution in [1.29, 1.82) is 0 Å². The van der Waals surface area contributed by atoms with Gasteiger partial charge in [-0.1, -0.05) is 36.4 Å². The van der Waals surface area contributed by atoms with E-state index in [0.29, 0.717) is 5.56 Å². The largest absolute Gasteiger partial charge is 0.393 e. The molecule has 2 aromatic heterocycles. The number of pyridine rings is 1. The van der Waals surface area contributed by atoms with E-state index in [1.54, 1.807) is 30.3 Å². The van der Waals surface area contributed by atoms with Crippen LogP contribution in [0.4, 0.5) is 27.8 Å². The van der Waals surface area contributed by atoms with Gasteiger partial charge in [0.25, 0.3) is 0 Å². The normalized spacial score (nSPS) is 11.9. The van der Waals surface area contributed by atoms with Crippen LogP contribution in [0.1, 0.15) is 15.9 Å². The van der Waals surface area contributed by atoms with E-state index in [2.05, 4.69) is 14.7 Å². The van der Waals surface area contributed by atoms with Crippen molar-refractivity contribution in [3.8, 4) is 11.3 Å². The fraction of sp³-hybridized carbons (Fsp3) is 0.0455. The van der Waals surface area contributed by atoms with Gasteiger partial charge in [0, 0.05) is 17.3 Å². The highest BCUT2D eigenvalue weighted by molar-refractivity contribution is 6.09. The molecule has 10 heteroatoms. The summed E-state index contributed by atoms with van der Waals surface area (Å²) < 4.78 is 72.2. The lowest BCUT2D eigenvalue weighted by molar-refractivity contribution is -0.0688. The molecule has 2 aromatic carbocycles. The highest BCUT2D eigenvalue weighted by Gasteiger charge is 2.23. The molecule has 0 aliphatic heterocycles. The summed E-state index contributed by atoms with van der Waals surface area (Å²) in [4.78, 5) is 20.0. The standard InChI is InChI=1S/C22H12F5N3O2/c23-14-7-4-8-15(24)17(14)18-20(29-22(27)32-21(25)26)28-16-10-9-13(11-30(16)18)19(31)12-5-2-1-3-6-12/h1-11,21H/b29-22-. The number of carbonyl (C=O) groups excluding carboxylic acids is 1. The number of alkyl halides is 2. The van der Waals surface area contributed by atoms with Gasteiger partial charge < -0.3 is 4.74 Å². The number of ether oxygens (including phenoxy) is 1. The maximum absolute atomic E-state index is 14.6. The van der Waals surface area contributed by atoms with Crippen molar-refractivity contribution in [3.05, 3.63) is 89.6 Å². The van der Waals surface area contributed by atoms with Crippen LogP contribution in [0.5, 0.6) is 0 Å². The Morgan fingerprint density at radius 2 is 1.62 bits per heavy atom. The lowest BCUT2D eigenvalue weighted by Crippen LogP contribution is -2.04. The summed E-state index contributed by atoms with van der Waals surface area (Å²) in [6, 6.07) is 14.0. The zero-order valence-corrected chi connectivity index (χ0v) is 16.0. The molecule has 4 aromatic rings. The zero-order chi connectivity index (χ0) is 22.8. The topological polar surface area (TPSA) is 56.0 Å². The lowest BCUT2D eigenvalue weighted by atomic mass is 10.1. The summed E-state index contributed by atoms with van der Waals surface area (Å²) in [5.41, 5.74) is -0.478. The van der Waals surface area contributed by atoms with Crippen LogP contribution >= 0.6 is 0 Å². The Morgan fingerprint density at radius 3 is 2.28 bits per heavy atom. The van der Waals surface area contributed by atoms with E-state index in [9.17, 15) is 26.7 Å². The molecule has 0 radical (unpaired) electrons. The Morgan fingerprint density at radius 1 is 0.938 bits per heavy atom. The molecule has 4 rings (SSSR count). The first-order valence-electron chi connectivity index (χ1n) is 9.10. The summed E-state index contributed by atoms with van der Waals surface area (Å²) in [6.45, 7) is -3.50. The molecule has 0 aliphatic carbocycles. The Bertz CT molecular complexity index is 1320. The quantitative estimate of drug-likeness (QED) is 0.171. The first-order valence-corrected chi connectivity index (χ1v) is 9.10. The number of hydrogen-bond donors (Lipinski definition) is 0. The van der Waals surface area contributed by atoms with Crippen molar-refractivity contribution < 1.29 is 31.5 Å². The summed E-state index contributed by atoms with van der Waals surface area (Å²) >= 11 is 0. The van der Waals surface area contributed by atoms with Crippen molar-refractivity contribution in [2.45, 2.75) is 6.61 Å². The summed E-state index contributed by atoms with van der Waals surface area (Å²) in [6.07, 6.45) is -0.689. The van der Waals surface area contributed by atoms with Crippen LogP contribution in [0.2, 0.25) is 0 Å². The summed E-state index contributed by atoms with van der Waals surface area (Å²) in [5.74, 6) is -3.06. The molecule has 0 atom stereocenters. The molecule has 162 valence electrons. The van der Waals surface area contributed by atoms with Gasteiger partial charge in [0.05, 0.1) is 5.56 Å². The minimum atomic E-state index is -3.50. The number of aromatic nitrogens is 2. The average Bonchev–Trinajstić information content (AvgIpc) is 3.10. The van der Waals surface area contributed by atoms with Crippen LogP contribution in [0.15, 0.2) is 71.9 Å². The fourth-order valence-corrected chi connectivity index (χ4v) is 3.14. The van der Waals surface area contributed by atoms with Gasteiger partial charge in [-0.05, 0) is 24.3 Å². The van der Waals surface area contributed by atoms with Gasteiger partial charge in [-0.2, -0.15) is 13.8 Å². The smallest absolute Gasteiger partial charge is 0.390 e. The highest BCUT2D eigenvalue weighted by atomic mass is 19.3. The summed E-state index contributed by atoms with van der Waals surface area (Å²) in [7, 11) is 0. The van der Waals surface area contributed by atoms with E-state index in [-0.39, 0.29) is 16.9 Å². The molecular weight excluding hydrogens is 433 g/mol. The number of imidazole rings is 1. The molecule has 2 heterocycles. The third-order valence-electron chi connectivity index (χ3n) is 4.48. The van der Waals surface area contributed by atoms with E-state index in [1.165, 1.54) is 18.3 Å². The Balaban J connectivity index is 1.95. The van der Waals surface area contributed by atoms with E-state index < -0.39 is 41.6 Å². The van der Waals surface area contributed by atoms with Gasteiger partial charge >= 0.3 is 12.8 Å². The minimum absolute atomic E-state index is 0.0378. The number of nitrogens with zero attached hydrogens (tertiary/aromatic N) is 3. The third-order valence-corrected chi connectivity index (χ3v) is 4.48. The predicted molar refractivity (Wildman–Crippen MR) is 106 cm³/mol. The van der Waals surface area contributed by atoms with Gasteiger partial charge in [-0.15, -0.1) is 4.39 Å². The van der Waals surface area contributed by atoms with Crippen LogP contribution in [0, 0.1) is 11.6 Å². The molecule has 0 unspecified atom stereocenters. The summed E-state index contributed by atoms with van der Waals surface area (Å²) in [5, 5.41) is 0. The number of rotatable bonds is 5. The van der Waals surface area contributed by atoms with Crippen LogP contribution in [0.25, 0.3) is 16.9 Å². The fourth-order valence-electron chi connectivity index (χ4n) is 3.14. The SMILES string of the molecule is O=C(c1ccccc1)c1ccc2nc(/N=C(/F)OC(F)F)c(-c3c(F)cccc3F)n2c1. The van der Waals surface area contributed by atoms with Gasteiger partial charge in [-0.25, -0.2) is 13.8 Å². The van der Waals surface area contributed by atoms with Crippen molar-refractivity contribution >= 4 is 23.4 Å². The average molecular weight is 445 g/mol. The third kappa shape index (κ3) is 4.07. The number of hydrogen-bond acceptors (Lipinski definition) is 4. The van der Waals surface area contributed by atoms with Crippen molar-refractivity contribution in [1.82, 2.24) is 9.38 Å². The van der Waals surface area contributed by atoms with Crippen molar-refractivity contribution in [2.24, 2.45) is 4.99 Å². The molecule has 0 N–H and O–H groups in total. The van der Waals surface area contributed by atoms with E-state index in [1.807, 2.05) is 0 Å². The van der Waals surface area contributed by atoms with Crippen LogP contribution in [0.3, 0.4) is 0 Å². The van der Waals surface area contributed by atoms with Crippen LogP contribution in [-0.4, -0.2) is 27.9 Å². The molecule has 0 aliphatic rings.